The molecule has 12 saturated carbocycles. The van der Waals surface area contributed by atoms with Gasteiger partial charge in [0.2, 0.25) is 0 Å². The summed E-state index contributed by atoms with van der Waals surface area (Å²) >= 11 is 0. The SMILES string of the molecule is Cc1cc(C23CC4CC(CC(C4)C2)C3)nn1[BH-](n1nc(C23CC4CC(CC(C4)C2)C3)cc1C)n1nc(C23CC4CC(CC(C4)C2)C3)cc1C.Cc1ccccc1.Cc1ccccc1.N#N.[Fe]. The summed E-state index contributed by atoms with van der Waals surface area (Å²) in [4.78, 5) is 0. The predicted octanol–water partition coefficient (Wildman–Crippen LogP) is 12.3. The van der Waals surface area contributed by atoms with Gasteiger partial charge in [-0.25, -0.2) is 15.3 Å². The van der Waals surface area contributed by atoms with Gasteiger partial charge in [0.1, 0.15) is 0 Å². The number of aryl methyl sites for hydroxylation is 5. The van der Waals surface area contributed by atoms with Crippen LogP contribution in [-0.4, -0.2) is 36.2 Å². The molecule has 8 nitrogen and oxygen atoms in total. The monoisotopic (exact) mass is 926 g/mol. The van der Waals surface area contributed by atoms with Crippen LogP contribution < -0.4 is 0 Å². The van der Waals surface area contributed by atoms with Crippen molar-refractivity contribution in [3.05, 3.63) is 124 Å². The Morgan fingerprint density at radius 3 is 0.788 bits per heavy atom. The van der Waals surface area contributed by atoms with Crippen LogP contribution in [0.3, 0.4) is 0 Å². The number of benzene rings is 2. The second-order valence-corrected chi connectivity index (χ2v) is 24.3. The van der Waals surface area contributed by atoms with Crippen LogP contribution in [0.4, 0.5) is 0 Å². The summed E-state index contributed by atoms with van der Waals surface area (Å²) in [6.45, 7) is 11.2. The molecule has 3 aromatic heterocycles. The molecule has 12 fully saturated rings. The fourth-order valence-corrected chi connectivity index (χ4v) is 17.9. The van der Waals surface area contributed by atoms with E-state index in [4.69, 9.17) is 26.1 Å². The Morgan fingerprint density at radius 2 is 0.606 bits per heavy atom. The average molecular weight is 926 g/mol. The average Bonchev–Trinajstić information content (AvgIpc) is 3.99. The van der Waals surface area contributed by atoms with Gasteiger partial charge in [0, 0.05) is 44.1 Å². The van der Waals surface area contributed by atoms with E-state index in [2.05, 4.69) is 90.9 Å². The predicted molar refractivity (Wildman–Crippen MR) is 260 cm³/mol. The minimum Gasteiger partial charge on any atom is -0.400 e. The molecule has 3 heterocycles. The maximum atomic E-state index is 6.00. The van der Waals surface area contributed by atoms with Crippen molar-refractivity contribution >= 4 is 7.12 Å². The van der Waals surface area contributed by atoms with Gasteiger partial charge >= 0.3 is 7.12 Å². The van der Waals surface area contributed by atoms with Gasteiger partial charge in [-0.3, -0.25) is 0 Å². The van der Waals surface area contributed by atoms with Gasteiger partial charge in [0.15, 0.2) is 0 Å². The van der Waals surface area contributed by atoms with E-state index in [9.17, 15) is 0 Å². The van der Waals surface area contributed by atoms with Crippen molar-refractivity contribution in [2.45, 2.75) is 166 Å². The van der Waals surface area contributed by atoms with Crippen molar-refractivity contribution < 1.29 is 17.1 Å². The van der Waals surface area contributed by atoms with Crippen LogP contribution in [-0.2, 0) is 33.3 Å². The zero-order valence-electron chi connectivity index (χ0n) is 40.6. The maximum Gasteiger partial charge on any atom is 0.326 e. The van der Waals surface area contributed by atoms with E-state index in [1.165, 1.54) is 161 Å². The van der Waals surface area contributed by atoms with Crippen molar-refractivity contribution in [1.29, 1.82) is 10.8 Å². The summed E-state index contributed by atoms with van der Waals surface area (Å²) in [5, 5.41) is 29.3. The molecule has 0 aliphatic heterocycles. The molecule has 12 bridgehead atoms. The first-order chi connectivity index (χ1) is 31.5. The summed E-state index contributed by atoms with van der Waals surface area (Å²) in [5.74, 6) is 8.31. The Kier molecular flexibility index (Phi) is 12.4. The fourth-order valence-electron chi connectivity index (χ4n) is 17.9. The molecule has 0 amide bonds. The summed E-state index contributed by atoms with van der Waals surface area (Å²) in [6.07, 6.45) is 25.6. The molecule has 12 aliphatic carbocycles. The van der Waals surface area contributed by atoms with Crippen molar-refractivity contribution in [1.82, 2.24) is 29.1 Å². The molecule has 17 rings (SSSR count). The quantitative estimate of drug-likeness (QED) is 0.125. The molecule has 10 heteroatoms. The Bertz CT molecular complexity index is 2150. The minimum atomic E-state index is -1.43. The number of rotatable bonds is 6. The molecule has 12 aliphatic rings. The molecule has 0 saturated heterocycles. The molecule has 0 radical (unpaired) electrons. The topological polar surface area (TPSA) is 101 Å². The zero-order chi connectivity index (χ0) is 44.7. The molecular formula is C56H74BFeN8-. The number of aromatic nitrogens is 6. The zero-order valence-corrected chi connectivity index (χ0v) is 41.7. The van der Waals surface area contributed by atoms with Gasteiger partial charge in [-0.2, -0.15) is 0 Å². The molecular weight excluding hydrogens is 851 g/mol. The van der Waals surface area contributed by atoms with Crippen molar-refractivity contribution in [3.8, 4) is 0 Å². The van der Waals surface area contributed by atoms with Crippen LogP contribution in [0.2, 0.25) is 0 Å². The van der Waals surface area contributed by atoms with Crippen LogP contribution in [0, 0.1) is 98.7 Å². The number of hydrogen-bond donors (Lipinski definition) is 0. The Labute approximate surface area is 405 Å². The van der Waals surface area contributed by atoms with Crippen molar-refractivity contribution in [2.24, 2.45) is 53.3 Å². The standard InChI is InChI=1S/C42H58BN6.2C7H8.Fe.N2/c1-25-4-37(40-16-28-7-29(17-40)9-30(8-28)18-40)44-47(25)43(48-26(2)5-38(45-48)41-19-31-10-32(20-41)12-33(11-31)21-41)49-27(3)6-39(46-49)42-22-34-13-35(23-42)15-36(14-34)24-42;2*1-7-5-3-2-4-6-7;;1-2/h4-6,28-36,43H,7-24H2,1-3H3;2*2-6H,1H3;;/q-1;;;;. The fraction of sp³-hybridized carbons (Fsp3) is 0.625. The molecule has 66 heavy (non-hydrogen) atoms. The van der Waals surface area contributed by atoms with E-state index in [0.717, 1.165) is 53.3 Å². The van der Waals surface area contributed by atoms with Crippen LogP contribution in [0.5, 0.6) is 0 Å². The molecule has 0 unspecified atom stereocenters. The van der Waals surface area contributed by atoms with E-state index in [0.29, 0.717) is 16.2 Å². The van der Waals surface area contributed by atoms with Crippen LogP contribution in [0.15, 0.2) is 78.9 Å². The van der Waals surface area contributed by atoms with Gasteiger partial charge in [-0.15, -0.1) is 0 Å². The minimum absolute atomic E-state index is 0. The number of nitrogens with zero attached hydrogens (tertiary/aromatic N) is 8. The van der Waals surface area contributed by atoms with E-state index < -0.39 is 7.12 Å². The second kappa shape index (κ2) is 17.9. The molecule has 0 N–H and O–H groups in total. The van der Waals surface area contributed by atoms with Crippen LogP contribution >= 0.6 is 0 Å². The normalized spacial score (nSPS) is 36.0. The van der Waals surface area contributed by atoms with E-state index in [1.807, 2.05) is 36.4 Å². The summed E-state index contributed by atoms with van der Waals surface area (Å²) in [7, 11) is -1.43. The van der Waals surface area contributed by atoms with Crippen molar-refractivity contribution in [2.75, 3.05) is 0 Å². The third kappa shape index (κ3) is 8.28. The Balaban J connectivity index is 0.000000258. The largest absolute Gasteiger partial charge is 0.400 e. The molecule has 0 spiro atoms. The van der Waals surface area contributed by atoms with E-state index in [1.54, 1.807) is 0 Å². The van der Waals surface area contributed by atoms with Gasteiger partial charge < -0.3 is 13.8 Å². The summed E-state index contributed by atoms with van der Waals surface area (Å²) in [6, 6.07) is 28.1. The van der Waals surface area contributed by atoms with Crippen molar-refractivity contribution in [3.63, 3.8) is 0 Å². The second-order valence-electron chi connectivity index (χ2n) is 24.3. The first-order valence-electron chi connectivity index (χ1n) is 26.1. The first-order valence-corrected chi connectivity index (χ1v) is 26.1. The first kappa shape index (κ1) is 45.8. The van der Waals surface area contributed by atoms with Crippen LogP contribution in [0.1, 0.15) is 161 Å². The van der Waals surface area contributed by atoms with Gasteiger partial charge in [-0.05, 0) is 239 Å². The molecule has 350 valence electrons. The maximum absolute atomic E-state index is 6.00. The van der Waals surface area contributed by atoms with Crippen LogP contribution in [0.25, 0.3) is 0 Å². The molecule has 0 atom stereocenters. The molecule has 5 aromatic rings. The van der Waals surface area contributed by atoms with E-state index >= 15 is 0 Å². The van der Waals surface area contributed by atoms with E-state index in [-0.39, 0.29) is 17.1 Å². The summed E-state index contributed by atoms with van der Waals surface area (Å²) < 4.78 is 7.38. The third-order valence-corrected chi connectivity index (χ3v) is 19.4. The summed E-state index contributed by atoms with van der Waals surface area (Å²) in [5.41, 5.74) is 11.7. The Morgan fingerprint density at radius 1 is 0.394 bits per heavy atom. The third-order valence-electron chi connectivity index (χ3n) is 19.4. The van der Waals surface area contributed by atoms with Gasteiger partial charge in [0.05, 0.1) is 17.1 Å². The molecule has 2 aromatic carbocycles. The number of hydrogen-bond acceptors (Lipinski definition) is 5. The Hall–Kier alpha value is -3.93. The van der Waals surface area contributed by atoms with Gasteiger partial charge in [-0.1, -0.05) is 71.8 Å². The smallest absolute Gasteiger partial charge is 0.326 e. The van der Waals surface area contributed by atoms with Gasteiger partial charge in [0.25, 0.3) is 0 Å².